The maximum Gasteiger partial charge on any atom is 0.239 e. The lowest BCUT2D eigenvalue weighted by atomic mass is 9.83. The smallest absolute Gasteiger partial charge is 0.239 e. The SMILES string of the molecule is CC(C)NC(=O)CN(C)C(=O)CC1CCCCC1N. The van der Waals surface area contributed by atoms with Gasteiger partial charge < -0.3 is 16.0 Å². The molecule has 1 aliphatic carbocycles. The third-order valence-electron chi connectivity index (χ3n) is 3.66. The van der Waals surface area contributed by atoms with E-state index in [9.17, 15) is 9.59 Å². The number of nitrogens with one attached hydrogen (secondary N) is 1. The van der Waals surface area contributed by atoms with Gasteiger partial charge in [0.2, 0.25) is 11.8 Å². The largest absolute Gasteiger partial charge is 0.352 e. The van der Waals surface area contributed by atoms with Gasteiger partial charge in [0.1, 0.15) is 0 Å². The molecule has 1 aliphatic rings. The zero-order valence-corrected chi connectivity index (χ0v) is 12.3. The molecule has 0 aliphatic heterocycles. The van der Waals surface area contributed by atoms with Crippen LogP contribution in [0, 0.1) is 5.92 Å². The first-order valence-electron chi connectivity index (χ1n) is 7.19. The van der Waals surface area contributed by atoms with Crippen LogP contribution in [-0.4, -0.2) is 42.4 Å². The Bertz CT molecular complexity index is 318. The zero-order chi connectivity index (χ0) is 14.4. The summed E-state index contributed by atoms with van der Waals surface area (Å²) in [5.41, 5.74) is 6.04. The zero-order valence-electron chi connectivity index (χ0n) is 12.3. The van der Waals surface area contributed by atoms with Crippen LogP contribution in [0.4, 0.5) is 0 Å². The highest BCUT2D eigenvalue weighted by Crippen LogP contribution is 2.26. The third-order valence-corrected chi connectivity index (χ3v) is 3.66. The fraction of sp³-hybridized carbons (Fsp3) is 0.857. The monoisotopic (exact) mass is 269 g/mol. The lowest BCUT2D eigenvalue weighted by Gasteiger charge is -2.29. The van der Waals surface area contributed by atoms with E-state index in [1.54, 1.807) is 7.05 Å². The van der Waals surface area contributed by atoms with Gasteiger partial charge in [-0.15, -0.1) is 0 Å². The Kier molecular flexibility index (Phi) is 6.28. The van der Waals surface area contributed by atoms with Crippen molar-refractivity contribution in [3.63, 3.8) is 0 Å². The molecule has 0 spiro atoms. The van der Waals surface area contributed by atoms with Crippen LogP contribution in [0.5, 0.6) is 0 Å². The van der Waals surface area contributed by atoms with Crippen LogP contribution < -0.4 is 11.1 Å². The quantitative estimate of drug-likeness (QED) is 0.778. The third kappa shape index (κ3) is 5.59. The summed E-state index contributed by atoms with van der Waals surface area (Å²) in [6, 6.07) is 0.235. The number of likely N-dealkylation sites (N-methyl/N-ethyl adjacent to an activating group) is 1. The Morgan fingerprint density at radius 1 is 1.32 bits per heavy atom. The minimum absolute atomic E-state index is 0.0151. The molecule has 3 N–H and O–H groups in total. The fourth-order valence-corrected chi connectivity index (χ4v) is 2.54. The highest BCUT2D eigenvalue weighted by atomic mass is 16.2. The van der Waals surface area contributed by atoms with Crippen molar-refractivity contribution in [2.24, 2.45) is 11.7 Å². The average molecular weight is 269 g/mol. The molecule has 1 fully saturated rings. The van der Waals surface area contributed by atoms with E-state index in [1.807, 2.05) is 13.8 Å². The van der Waals surface area contributed by atoms with Crippen LogP contribution in [0.2, 0.25) is 0 Å². The molecule has 2 amide bonds. The van der Waals surface area contributed by atoms with Crippen LogP contribution in [0.1, 0.15) is 46.0 Å². The molecule has 5 heteroatoms. The number of rotatable bonds is 5. The molecule has 0 aromatic carbocycles. The second kappa shape index (κ2) is 7.48. The first-order valence-corrected chi connectivity index (χ1v) is 7.19. The standard InChI is InChI=1S/C14H27N3O2/c1-10(2)16-13(18)9-17(3)14(19)8-11-6-4-5-7-12(11)15/h10-12H,4-9,15H2,1-3H3,(H,16,18). The summed E-state index contributed by atoms with van der Waals surface area (Å²) < 4.78 is 0. The Balaban J connectivity index is 2.37. The van der Waals surface area contributed by atoms with E-state index in [4.69, 9.17) is 5.73 Å². The normalized spacial score (nSPS) is 23.2. The Labute approximate surface area is 115 Å². The van der Waals surface area contributed by atoms with Gasteiger partial charge in [-0.25, -0.2) is 0 Å². The number of amides is 2. The first kappa shape index (κ1) is 16.0. The Hall–Kier alpha value is -1.10. The maximum absolute atomic E-state index is 12.1. The molecule has 1 saturated carbocycles. The number of hydrogen-bond acceptors (Lipinski definition) is 3. The second-order valence-corrected chi connectivity index (χ2v) is 5.88. The molecule has 19 heavy (non-hydrogen) atoms. The maximum atomic E-state index is 12.1. The molecule has 110 valence electrons. The number of hydrogen-bond donors (Lipinski definition) is 2. The minimum Gasteiger partial charge on any atom is -0.352 e. The van der Waals surface area contributed by atoms with Gasteiger partial charge >= 0.3 is 0 Å². The predicted molar refractivity (Wildman–Crippen MR) is 75.5 cm³/mol. The van der Waals surface area contributed by atoms with Crippen molar-refractivity contribution >= 4 is 11.8 Å². The molecule has 0 aromatic heterocycles. The Morgan fingerprint density at radius 3 is 2.53 bits per heavy atom. The molecule has 2 unspecified atom stereocenters. The van der Waals surface area contributed by atoms with Crippen LogP contribution in [0.3, 0.4) is 0 Å². The first-order chi connectivity index (χ1) is 8.90. The molecular formula is C14H27N3O2. The summed E-state index contributed by atoms with van der Waals surface area (Å²) in [6.07, 6.45) is 4.82. The molecule has 2 atom stereocenters. The van der Waals surface area contributed by atoms with E-state index in [-0.39, 0.29) is 36.4 Å². The Morgan fingerprint density at radius 2 is 1.95 bits per heavy atom. The average Bonchev–Trinajstić information content (AvgIpc) is 2.30. The molecule has 5 nitrogen and oxygen atoms in total. The van der Waals surface area contributed by atoms with Crippen molar-refractivity contribution in [1.29, 1.82) is 0 Å². The van der Waals surface area contributed by atoms with E-state index in [0.29, 0.717) is 6.42 Å². The topological polar surface area (TPSA) is 75.4 Å². The molecule has 0 heterocycles. The molecule has 1 rings (SSSR count). The van der Waals surface area contributed by atoms with Gasteiger partial charge in [-0.05, 0) is 32.6 Å². The minimum atomic E-state index is -0.112. The van der Waals surface area contributed by atoms with Gasteiger partial charge in [-0.3, -0.25) is 9.59 Å². The van der Waals surface area contributed by atoms with Crippen LogP contribution in [0.15, 0.2) is 0 Å². The lowest BCUT2D eigenvalue weighted by molar-refractivity contribution is -0.135. The summed E-state index contributed by atoms with van der Waals surface area (Å²) in [6.45, 7) is 3.93. The summed E-state index contributed by atoms with van der Waals surface area (Å²) >= 11 is 0. The van der Waals surface area contributed by atoms with E-state index < -0.39 is 0 Å². The summed E-state index contributed by atoms with van der Waals surface area (Å²) in [4.78, 5) is 25.2. The van der Waals surface area contributed by atoms with E-state index in [1.165, 1.54) is 11.3 Å². The molecule has 0 radical (unpaired) electrons. The number of nitrogens with zero attached hydrogens (tertiary/aromatic N) is 1. The van der Waals surface area contributed by atoms with Crippen molar-refractivity contribution in [2.75, 3.05) is 13.6 Å². The summed E-state index contributed by atoms with van der Waals surface area (Å²) in [7, 11) is 1.68. The molecule has 0 bridgehead atoms. The number of carbonyl (C=O) groups excluding carboxylic acids is 2. The van der Waals surface area contributed by atoms with Crippen LogP contribution in [-0.2, 0) is 9.59 Å². The second-order valence-electron chi connectivity index (χ2n) is 5.88. The molecular weight excluding hydrogens is 242 g/mol. The lowest BCUT2D eigenvalue weighted by Crippen LogP contribution is -2.42. The summed E-state index contributed by atoms with van der Waals surface area (Å²) in [5.74, 6) is 0.178. The van der Waals surface area contributed by atoms with E-state index in [2.05, 4.69) is 5.32 Å². The van der Waals surface area contributed by atoms with Crippen molar-refractivity contribution in [1.82, 2.24) is 10.2 Å². The van der Waals surface area contributed by atoms with Crippen molar-refractivity contribution in [3.8, 4) is 0 Å². The highest BCUT2D eigenvalue weighted by molar-refractivity contribution is 5.84. The van der Waals surface area contributed by atoms with Crippen molar-refractivity contribution in [2.45, 2.75) is 58.0 Å². The van der Waals surface area contributed by atoms with Gasteiger partial charge in [0.15, 0.2) is 0 Å². The summed E-state index contributed by atoms with van der Waals surface area (Å²) in [5, 5.41) is 2.78. The van der Waals surface area contributed by atoms with Gasteiger partial charge in [0.05, 0.1) is 6.54 Å². The number of nitrogens with two attached hydrogens (primary N) is 1. The van der Waals surface area contributed by atoms with Crippen molar-refractivity contribution in [3.05, 3.63) is 0 Å². The van der Waals surface area contributed by atoms with Gasteiger partial charge in [-0.2, -0.15) is 0 Å². The van der Waals surface area contributed by atoms with Gasteiger partial charge in [0, 0.05) is 25.6 Å². The molecule has 0 saturated heterocycles. The van der Waals surface area contributed by atoms with Gasteiger partial charge in [0.25, 0.3) is 0 Å². The highest BCUT2D eigenvalue weighted by Gasteiger charge is 2.25. The van der Waals surface area contributed by atoms with Gasteiger partial charge in [-0.1, -0.05) is 12.8 Å². The molecule has 0 aromatic rings. The number of carbonyl (C=O) groups is 2. The van der Waals surface area contributed by atoms with Crippen molar-refractivity contribution < 1.29 is 9.59 Å². The van der Waals surface area contributed by atoms with Crippen LogP contribution >= 0.6 is 0 Å². The van der Waals surface area contributed by atoms with E-state index in [0.717, 1.165) is 19.3 Å². The van der Waals surface area contributed by atoms with Crippen LogP contribution in [0.25, 0.3) is 0 Å². The predicted octanol–water partition coefficient (Wildman–Crippen LogP) is 0.877. The fourth-order valence-electron chi connectivity index (χ4n) is 2.54. The van der Waals surface area contributed by atoms with E-state index >= 15 is 0 Å².